The number of hydrogen-bond acceptors (Lipinski definition) is 4. The van der Waals surface area contributed by atoms with Gasteiger partial charge in [-0.05, 0) is 41.8 Å². The second-order valence-corrected chi connectivity index (χ2v) is 10.3. The highest BCUT2D eigenvalue weighted by atomic mass is 16.5. The molecule has 0 N–H and O–H groups in total. The van der Waals surface area contributed by atoms with E-state index in [-0.39, 0.29) is 0 Å². The number of benzene rings is 4. The lowest BCUT2D eigenvalue weighted by atomic mass is 10.1. The van der Waals surface area contributed by atoms with Gasteiger partial charge in [0.2, 0.25) is 0 Å². The van der Waals surface area contributed by atoms with Gasteiger partial charge in [0.25, 0.3) is 0 Å². The second-order valence-electron chi connectivity index (χ2n) is 10.3. The molecule has 0 radical (unpaired) electrons. The van der Waals surface area contributed by atoms with Gasteiger partial charge in [-0.1, -0.05) is 98.3 Å². The first-order valence-electron chi connectivity index (χ1n) is 14.4. The summed E-state index contributed by atoms with van der Waals surface area (Å²) in [6, 6.07) is 37.9. The zero-order valence-electron chi connectivity index (χ0n) is 24.3. The molecule has 4 aromatic carbocycles. The van der Waals surface area contributed by atoms with Gasteiger partial charge in [0, 0.05) is 37.3 Å². The van der Waals surface area contributed by atoms with Gasteiger partial charge in [-0.25, -0.2) is 4.98 Å². The monoisotopic (exact) mass is 545 g/mol. The van der Waals surface area contributed by atoms with Crippen LogP contribution in [0.25, 0.3) is 22.6 Å². The lowest BCUT2D eigenvalue weighted by Crippen LogP contribution is -2.24. The molecule has 5 heteroatoms. The number of hydrogen-bond donors (Lipinski definition) is 0. The average Bonchev–Trinajstić information content (AvgIpc) is 3.39. The molecule has 210 valence electrons. The van der Waals surface area contributed by atoms with Crippen molar-refractivity contribution in [3.63, 3.8) is 0 Å². The van der Waals surface area contributed by atoms with Crippen molar-refractivity contribution < 1.29 is 9.47 Å². The van der Waals surface area contributed by atoms with E-state index in [1.54, 1.807) is 14.2 Å². The standard InChI is InChI=1S/C36H39N3O2/c1-4-5-23-39-34(35(30-14-8-6-9-15-30)37-36(39)31-16-10-7-11-17-31)27-38(25-28-19-21-32(40-2)22-20-28)26-29-13-12-18-33(24-29)41-3/h6-22,24H,4-5,23,25-27H2,1-3H3. The van der Waals surface area contributed by atoms with Gasteiger partial charge in [0.1, 0.15) is 17.3 Å². The molecule has 0 fully saturated rings. The van der Waals surface area contributed by atoms with E-state index >= 15 is 0 Å². The summed E-state index contributed by atoms with van der Waals surface area (Å²) in [5.41, 5.74) is 7.01. The lowest BCUT2D eigenvalue weighted by molar-refractivity contribution is 0.241. The molecular weight excluding hydrogens is 506 g/mol. The first-order chi connectivity index (χ1) is 20.2. The molecule has 41 heavy (non-hydrogen) atoms. The van der Waals surface area contributed by atoms with Crippen LogP contribution in [0.4, 0.5) is 0 Å². The van der Waals surface area contributed by atoms with E-state index in [2.05, 4.69) is 107 Å². The molecule has 0 atom stereocenters. The number of aromatic nitrogens is 2. The maximum absolute atomic E-state index is 5.54. The van der Waals surface area contributed by atoms with Crippen LogP contribution in [0.15, 0.2) is 109 Å². The van der Waals surface area contributed by atoms with E-state index in [9.17, 15) is 0 Å². The Labute approximate surface area is 244 Å². The topological polar surface area (TPSA) is 39.5 Å². The van der Waals surface area contributed by atoms with Crippen LogP contribution in [0.3, 0.4) is 0 Å². The predicted octanol–water partition coefficient (Wildman–Crippen LogP) is 8.24. The smallest absolute Gasteiger partial charge is 0.140 e. The number of methoxy groups -OCH3 is 2. The zero-order chi connectivity index (χ0) is 28.4. The fourth-order valence-corrected chi connectivity index (χ4v) is 5.24. The quantitative estimate of drug-likeness (QED) is 0.149. The Kier molecular flexibility index (Phi) is 9.50. The van der Waals surface area contributed by atoms with Crippen LogP contribution in [0.1, 0.15) is 36.6 Å². The van der Waals surface area contributed by atoms with Crippen molar-refractivity contribution in [3.8, 4) is 34.1 Å². The summed E-state index contributed by atoms with van der Waals surface area (Å²) in [7, 11) is 3.43. The van der Waals surface area contributed by atoms with Crippen LogP contribution in [0.5, 0.6) is 11.5 Å². The second kappa shape index (κ2) is 13.8. The van der Waals surface area contributed by atoms with Crippen molar-refractivity contribution in [2.45, 2.75) is 45.9 Å². The van der Waals surface area contributed by atoms with Gasteiger partial charge in [-0.2, -0.15) is 0 Å². The zero-order valence-corrected chi connectivity index (χ0v) is 24.3. The van der Waals surface area contributed by atoms with E-state index in [0.29, 0.717) is 0 Å². The van der Waals surface area contributed by atoms with Crippen molar-refractivity contribution in [1.29, 1.82) is 0 Å². The van der Waals surface area contributed by atoms with E-state index in [4.69, 9.17) is 14.5 Å². The molecular formula is C36H39N3O2. The number of rotatable bonds is 13. The fraction of sp³-hybridized carbons (Fsp3) is 0.250. The Morgan fingerprint density at radius 2 is 1.32 bits per heavy atom. The Bertz CT molecular complexity index is 1510. The molecule has 1 aromatic heterocycles. The molecule has 1 heterocycles. The summed E-state index contributed by atoms with van der Waals surface area (Å²) in [6.45, 7) is 5.48. The Morgan fingerprint density at radius 1 is 0.659 bits per heavy atom. The van der Waals surface area contributed by atoms with Crippen molar-refractivity contribution in [2.24, 2.45) is 0 Å². The predicted molar refractivity (Wildman–Crippen MR) is 167 cm³/mol. The third kappa shape index (κ3) is 7.05. The molecule has 0 saturated carbocycles. The molecule has 5 rings (SSSR count). The Hall–Kier alpha value is -4.35. The minimum Gasteiger partial charge on any atom is -0.497 e. The first kappa shape index (κ1) is 28.2. The molecule has 0 unspecified atom stereocenters. The molecule has 0 aliphatic heterocycles. The third-order valence-electron chi connectivity index (χ3n) is 7.37. The fourth-order valence-electron chi connectivity index (χ4n) is 5.24. The van der Waals surface area contributed by atoms with Crippen LogP contribution in [-0.4, -0.2) is 28.7 Å². The van der Waals surface area contributed by atoms with E-state index in [0.717, 1.165) is 73.2 Å². The molecule has 0 bridgehead atoms. The van der Waals surface area contributed by atoms with Gasteiger partial charge in [0.05, 0.1) is 25.6 Å². The maximum atomic E-state index is 5.54. The summed E-state index contributed by atoms with van der Waals surface area (Å²) in [6.07, 6.45) is 2.21. The summed E-state index contributed by atoms with van der Waals surface area (Å²) in [5, 5.41) is 0. The summed E-state index contributed by atoms with van der Waals surface area (Å²) >= 11 is 0. The first-order valence-corrected chi connectivity index (χ1v) is 14.4. The van der Waals surface area contributed by atoms with Gasteiger partial charge >= 0.3 is 0 Å². The highest BCUT2D eigenvalue weighted by Crippen LogP contribution is 2.32. The van der Waals surface area contributed by atoms with E-state index in [1.807, 2.05) is 18.2 Å². The van der Waals surface area contributed by atoms with Crippen molar-refractivity contribution in [1.82, 2.24) is 14.5 Å². The van der Waals surface area contributed by atoms with Gasteiger partial charge < -0.3 is 14.0 Å². The molecule has 0 aliphatic rings. The number of imidazole rings is 1. The maximum Gasteiger partial charge on any atom is 0.140 e. The molecule has 0 aliphatic carbocycles. The van der Waals surface area contributed by atoms with Gasteiger partial charge in [-0.3, -0.25) is 4.90 Å². The molecule has 0 saturated heterocycles. The van der Waals surface area contributed by atoms with Crippen LogP contribution in [0, 0.1) is 0 Å². The average molecular weight is 546 g/mol. The largest absolute Gasteiger partial charge is 0.497 e. The van der Waals surface area contributed by atoms with Gasteiger partial charge in [0.15, 0.2) is 0 Å². The Morgan fingerprint density at radius 3 is 1.98 bits per heavy atom. The number of nitrogens with zero attached hydrogens (tertiary/aromatic N) is 3. The van der Waals surface area contributed by atoms with Crippen molar-refractivity contribution in [2.75, 3.05) is 14.2 Å². The minimum absolute atomic E-state index is 0.747. The SMILES string of the molecule is CCCCn1c(-c2ccccc2)nc(-c2ccccc2)c1CN(Cc1ccc(OC)cc1)Cc1cccc(OC)c1. The highest BCUT2D eigenvalue weighted by Gasteiger charge is 2.22. The van der Waals surface area contributed by atoms with Gasteiger partial charge in [-0.15, -0.1) is 0 Å². The highest BCUT2D eigenvalue weighted by molar-refractivity contribution is 5.68. The van der Waals surface area contributed by atoms with Crippen LogP contribution < -0.4 is 9.47 Å². The number of ether oxygens (including phenoxy) is 2. The molecule has 5 nitrogen and oxygen atoms in total. The lowest BCUT2D eigenvalue weighted by Gasteiger charge is -2.25. The normalized spacial score (nSPS) is 11.1. The summed E-state index contributed by atoms with van der Waals surface area (Å²) < 4.78 is 13.4. The molecule has 5 aromatic rings. The van der Waals surface area contributed by atoms with E-state index in [1.165, 1.54) is 16.8 Å². The summed E-state index contributed by atoms with van der Waals surface area (Å²) in [4.78, 5) is 7.82. The van der Waals surface area contributed by atoms with Crippen molar-refractivity contribution >= 4 is 0 Å². The molecule has 0 amide bonds. The molecule has 0 spiro atoms. The van der Waals surface area contributed by atoms with Crippen molar-refractivity contribution in [3.05, 3.63) is 126 Å². The van der Waals surface area contributed by atoms with E-state index < -0.39 is 0 Å². The van der Waals surface area contributed by atoms with Crippen LogP contribution in [0.2, 0.25) is 0 Å². The summed E-state index contributed by atoms with van der Waals surface area (Å²) in [5.74, 6) is 2.76. The van der Waals surface area contributed by atoms with Crippen LogP contribution in [-0.2, 0) is 26.2 Å². The number of unbranched alkanes of at least 4 members (excludes halogenated alkanes) is 1. The minimum atomic E-state index is 0.747. The third-order valence-corrected chi connectivity index (χ3v) is 7.37. The van der Waals surface area contributed by atoms with Crippen LogP contribution >= 0.6 is 0 Å². The Balaban J connectivity index is 1.60.